The predicted octanol–water partition coefficient (Wildman–Crippen LogP) is 4.48. The van der Waals surface area contributed by atoms with E-state index in [0.29, 0.717) is 22.2 Å². The topological polar surface area (TPSA) is 60.5 Å². The van der Waals surface area contributed by atoms with Gasteiger partial charge in [-0.15, -0.1) is 0 Å². The van der Waals surface area contributed by atoms with Gasteiger partial charge >= 0.3 is 0 Å². The number of halogens is 1. The SMILES string of the molecule is COc1cc(I)c(C(=O)Nc2nc3c(C)cccc3s2)cc1OC. The smallest absolute Gasteiger partial charge is 0.258 e. The number of aryl methyl sites for hydroxylation is 1. The van der Waals surface area contributed by atoms with Crippen molar-refractivity contribution in [1.29, 1.82) is 0 Å². The van der Waals surface area contributed by atoms with Crippen molar-refractivity contribution in [3.05, 3.63) is 45.0 Å². The van der Waals surface area contributed by atoms with Gasteiger partial charge in [-0.3, -0.25) is 10.1 Å². The van der Waals surface area contributed by atoms with Crippen molar-refractivity contribution < 1.29 is 14.3 Å². The fourth-order valence-corrected chi connectivity index (χ4v) is 3.95. The van der Waals surface area contributed by atoms with Crippen LogP contribution < -0.4 is 14.8 Å². The predicted molar refractivity (Wildman–Crippen MR) is 105 cm³/mol. The van der Waals surface area contributed by atoms with Gasteiger partial charge in [0.25, 0.3) is 5.91 Å². The molecule has 1 amide bonds. The quantitative estimate of drug-likeness (QED) is 0.591. The van der Waals surface area contributed by atoms with Crippen molar-refractivity contribution in [2.24, 2.45) is 0 Å². The van der Waals surface area contributed by atoms with Crippen LogP contribution in [0.2, 0.25) is 0 Å². The van der Waals surface area contributed by atoms with Crippen molar-refractivity contribution in [1.82, 2.24) is 4.98 Å². The second-order valence-corrected chi connectivity index (χ2v) is 7.27. The molecule has 0 radical (unpaired) electrons. The van der Waals surface area contributed by atoms with Crippen molar-refractivity contribution in [2.45, 2.75) is 6.92 Å². The molecule has 3 aromatic rings. The number of benzene rings is 2. The first kappa shape index (κ1) is 17.0. The highest BCUT2D eigenvalue weighted by molar-refractivity contribution is 14.1. The summed E-state index contributed by atoms with van der Waals surface area (Å²) in [4.78, 5) is 17.1. The minimum absolute atomic E-state index is 0.225. The molecule has 0 saturated carbocycles. The van der Waals surface area contributed by atoms with E-state index in [2.05, 4.69) is 32.9 Å². The Kier molecular flexibility index (Phi) is 4.91. The van der Waals surface area contributed by atoms with Gasteiger partial charge in [-0.1, -0.05) is 23.5 Å². The molecule has 24 heavy (non-hydrogen) atoms. The summed E-state index contributed by atoms with van der Waals surface area (Å²) in [6.45, 7) is 2.00. The average molecular weight is 454 g/mol. The number of carbonyl (C=O) groups excluding carboxylic acids is 1. The van der Waals surface area contributed by atoms with Crippen LogP contribution in [0.25, 0.3) is 10.2 Å². The summed E-state index contributed by atoms with van der Waals surface area (Å²) in [5, 5.41) is 3.45. The number of fused-ring (bicyclic) bond motifs is 1. The lowest BCUT2D eigenvalue weighted by Crippen LogP contribution is -2.13. The largest absolute Gasteiger partial charge is 0.493 e. The Morgan fingerprint density at radius 1 is 1.21 bits per heavy atom. The summed E-state index contributed by atoms with van der Waals surface area (Å²) in [7, 11) is 3.11. The molecule has 0 saturated heterocycles. The third-order valence-corrected chi connectivity index (χ3v) is 5.39. The van der Waals surface area contributed by atoms with Gasteiger partial charge in [-0.25, -0.2) is 4.98 Å². The molecule has 5 nitrogen and oxygen atoms in total. The van der Waals surface area contributed by atoms with Gasteiger partial charge in [0.2, 0.25) is 0 Å². The van der Waals surface area contributed by atoms with Crippen LogP contribution in [-0.2, 0) is 0 Å². The highest BCUT2D eigenvalue weighted by Gasteiger charge is 2.17. The third kappa shape index (κ3) is 3.18. The molecule has 0 unspecified atom stereocenters. The number of hydrogen-bond acceptors (Lipinski definition) is 5. The van der Waals surface area contributed by atoms with Crippen molar-refractivity contribution in [2.75, 3.05) is 19.5 Å². The van der Waals surface area contributed by atoms with Gasteiger partial charge in [0.05, 0.1) is 30.0 Å². The van der Waals surface area contributed by atoms with E-state index in [4.69, 9.17) is 9.47 Å². The molecule has 2 aromatic carbocycles. The van der Waals surface area contributed by atoms with E-state index in [9.17, 15) is 4.79 Å². The first-order chi connectivity index (χ1) is 11.5. The maximum absolute atomic E-state index is 12.6. The number of amides is 1. The first-order valence-corrected chi connectivity index (χ1v) is 9.02. The molecule has 0 atom stereocenters. The standard InChI is InChI=1S/C17H15IN2O3S/c1-9-5-4-6-14-15(9)19-17(24-14)20-16(21)10-7-12(22-2)13(23-3)8-11(10)18/h4-8H,1-3H3,(H,19,20,21). The average Bonchev–Trinajstić information content (AvgIpc) is 2.98. The second-order valence-electron chi connectivity index (χ2n) is 5.08. The number of hydrogen-bond donors (Lipinski definition) is 1. The number of ether oxygens (including phenoxy) is 2. The molecule has 1 heterocycles. The van der Waals surface area contributed by atoms with E-state index in [-0.39, 0.29) is 5.91 Å². The first-order valence-electron chi connectivity index (χ1n) is 7.12. The zero-order valence-corrected chi connectivity index (χ0v) is 16.3. The summed E-state index contributed by atoms with van der Waals surface area (Å²) in [5.41, 5.74) is 2.52. The van der Waals surface area contributed by atoms with E-state index < -0.39 is 0 Å². The van der Waals surface area contributed by atoms with Crippen LogP contribution in [0.4, 0.5) is 5.13 Å². The summed E-state index contributed by atoms with van der Waals surface area (Å²) < 4.78 is 12.4. The number of anilines is 1. The molecule has 7 heteroatoms. The van der Waals surface area contributed by atoms with E-state index in [1.54, 1.807) is 26.4 Å². The van der Waals surface area contributed by atoms with Crippen LogP contribution in [0.5, 0.6) is 11.5 Å². The molecule has 0 fully saturated rings. The molecule has 0 aliphatic heterocycles. The van der Waals surface area contributed by atoms with Gasteiger partial charge in [0.1, 0.15) is 0 Å². The van der Waals surface area contributed by atoms with E-state index >= 15 is 0 Å². The Bertz CT molecular complexity index is 924. The van der Waals surface area contributed by atoms with Gasteiger partial charge in [-0.2, -0.15) is 0 Å². The number of para-hydroxylation sites is 1. The molecule has 1 N–H and O–H groups in total. The highest BCUT2D eigenvalue weighted by atomic mass is 127. The molecular formula is C17H15IN2O3S. The summed E-state index contributed by atoms with van der Waals surface area (Å²) in [6, 6.07) is 9.44. The van der Waals surface area contributed by atoms with Crippen molar-refractivity contribution >= 4 is 55.2 Å². The minimum Gasteiger partial charge on any atom is -0.493 e. The minimum atomic E-state index is -0.225. The maximum Gasteiger partial charge on any atom is 0.258 e. The number of methoxy groups -OCH3 is 2. The maximum atomic E-state index is 12.6. The zero-order chi connectivity index (χ0) is 17.3. The van der Waals surface area contributed by atoms with E-state index in [1.165, 1.54) is 11.3 Å². The Morgan fingerprint density at radius 2 is 1.92 bits per heavy atom. The Morgan fingerprint density at radius 3 is 2.58 bits per heavy atom. The fraction of sp³-hybridized carbons (Fsp3) is 0.176. The number of carbonyl (C=O) groups is 1. The zero-order valence-electron chi connectivity index (χ0n) is 13.3. The monoisotopic (exact) mass is 454 g/mol. The molecule has 0 bridgehead atoms. The lowest BCUT2D eigenvalue weighted by Gasteiger charge is -2.11. The van der Waals surface area contributed by atoms with Crippen molar-refractivity contribution in [3.63, 3.8) is 0 Å². The Labute approximate surface area is 157 Å². The lowest BCUT2D eigenvalue weighted by atomic mass is 10.2. The molecule has 124 valence electrons. The van der Waals surface area contributed by atoms with E-state index in [1.807, 2.05) is 25.1 Å². The van der Waals surface area contributed by atoms with Gasteiger partial charge in [0, 0.05) is 3.57 Å². The van der Waals surface area contributed by atoms with Gasteiger partial charge < -0.3 is 9.47 Å². The Balaban J connectivity index is 1.92. The number of rotatable bonds is 4. The van der Waals surface area contributed by atoms with E-state index in [0.717, 1.165) is 19.4 Å². The normalized spacial score (nSPS) is 10.7. The van der Waals surface area contributed by atoms with Crippen LogP contribution >= 0.6 is 33.9 Å². The highest BCUT2D eigenvalue weighted by Crippen LogP contribution is 2.32. The van der Waals surface area contributed by atoms with Crippen LogP contribution in [0, 0.1) is 10.5 Å². The molecular weight excluding hydrogens is 439 g/mol. The second kappa shape index (κ2) is 6.94. The summed E-state index contributed by atoms with van der Waals surface area (Å²) >= 11 is 3.56. The lowest BCUT2D eigenvalue weighted by molar-refractivity contribution is 0.102. The van der Waals surface area contributed by atoms with Gasteiger partial charge in [-0.05, 0) is 53.3 Å². The summed E-state index contributed by atoms with van der Waals surface area (Å²) in [6.07, 6.45) is 0. The molecule has 0 aliphatic rings. The molecule has 0 aliphatic carbocycles. The fourth-order valence-electron chi connectivity index (χ4n) is 2.33. The molecule has 1 aromatic heterocycles. The van der Waals surface area contributed by atoms with Crippen LogP contribution in [-0.4, -0.2) is 25.1 Å². The van der Waals surface area contributed by atoms with Crippen LogP contribution in [0.15, 0.2) is 30.3 Å². The molecule has 0 spiro atoms. The number of nitrogens with zero attached hydrogens (tertiary/aromatic N) is 1. The van der Waals surface area contributed by atoms with Crippen LogP contribution in [0.1, 0.15) is 15.9 Å². The van der Waals surface area contributed by atoms with Gasteiger partial charge in [0.15, 0.2) is 16.6 Å². The Hall–Kier alpha value is -1.87. The summed E-state index contributed by atoms with van der Waals surface area (Å²) in [5.74, 6) is 0.884. The van der Waals surface area contributed by atoms with Crippen molar-refractivity contribution in [3.8, 4) is 11.5 Å². The third-order valence-electron chi connectivity index (χ3n) is 3.56. The number of aromatic nitrogens is 1. The number of nitrogens with one attached hydrogen (secondary N) is 1. The number of thiazole rings is 1. The molecule has 3 rings (SSSR count). The van der Waals surface area contributed by atoms with Crippen LogP contribution in [0.3, 0.4) is 0 Å².